The molecule has 0 amide bonds. The summed E-state index contributed by atoms with van der Waals surface area (Å²) in [5.74, 6) is 0. The highest BCUT2D eigenvalue weighted by atomic mass is 32.2. The Morgan fingerprint density at radius 3 is 2.50 bits per heavy atom. The lowest BCUT2D eigenvalue weighted by Gasteiger charge is -2.26. The number of hydrogen-bond donors (Lipinski definition) is 1. The van der Waals surface area contributed by atoms with E-state index in [-0.39, 0.29) is 25.2 Å². The normalized spacial score (nSPS) is 18.9. The van der Waals surface area contributed by atoms with Gasteiger partial charge in [-0.15, -0.1) is 6.54 Å². The van der Waals surface area contributed by atoms with Crippen LogP contribution in [0.4, 0.5) is 13.2 Å². The molecule has 188 valence electrons. The van der Waals surface area contributed by atoms with E-state index in [0.717, 1.165) is 43.9 Å². The Kier molecular flexibility index (Phi) is 7.07. The Bertz CT molecular complexity index is 1140. The molecule has 34 heavy (non-hydrogen) atoms. The summed E-state index contributed by atoms with van der Waals surface area (Å²) in [5, 5.41) is 15.3. The molecule has 2 aliphatic heterocycles. The molecule has 12 heteroatoms. The minimum absolute atomic E-state index is 0.0585. The second-order valence-electron chi connectivity index (χ2n) is 9.01. The molecule has 0 radical (unpaired) electrons. The Morgan fingerprint density at radius 2 is 1.88 bits per heavy atom. The monoisotopic (exact) mass is 500 g/mol. The molecule has 2 aromatic rings. The zero-order valence-corrected chi connectivity index (χ0v) is 19.8. The average Bonchev–Trinajstić information content (AvgIpc) is 3.39. The van der Waals surface area contributed by atoms with E-state index in [2.05, 4.69) is 10.00 Å². The Balaban J connectivity index is 1.72. The molecule has 4 rings (SSSR count). The van der Waals surface area contributed by atoms with E-state index in [1.54, 1.807) is 4.68 Å². The molecule has 0 spiro atoms. The van der Waals surface area contributed by atoms with Crippen molar-refractivity contribution in [1.82, 2.24) is 19.0 Å². The fraction of sp³-hybridized carbons (Fsp3) is 0.591. The molecule has 3 heterocycles. The SMILES string of the molecule is CS(=O)(=O)N1CCc2c(c(-c3ccc(C(F)(F)F)c(C[NH-])c3)nn2CC(O)CN2CCCC2)C1. The molecule has 1 aromatic carbocycles. The van der Waals surface area contributed by atoms with Gasteiger partial charge in [0.2, 0.25) is 10.0 Å². The third-order valence-electron chi connectivity index (χ3n) is 6.49. The van der Waals surface area contributed by atoms with Crippen molar-refractivity contribution in [2.24, 2.45) is 0 Å². The lowest BCUT2D eigenvalue weighted by atomic mass is 9.97. The van der Waals surface area contributed by atoms with Crippen molar-refractivity contribution in [3.63, 3.8) is 0 Å². The molecule has 0 bridgehead atoms. The average molecular weight is 501 g/mol. The highest BCUT2D eigenvalue weighted by Crippen LogP contribution is 2.37. The van der Waals surface area contributed by atoms with Gasteiger partial charge in [-0.1, -0.05) is 17.7 Å². The lowest BCUT2D eigenvalue weighted by molar-refractivity contribution is -0.138. The molecule has 0 saturated carbocycles. The van der Waals surface area contributed by atoms with Gasteiger partial charge in [-0.3, -0.25) is 4.68 Å². The Morgan fingerprint density at radius 1 is 1.18 bits per heavy atom. The summed E-state index contributed by atoms with van der Waals surface area (Å²) in [5.41, 5.74) is 8.74. The number of aliphatic hydroxyl groups excluding tert-OH is 1. The number of nitrogens with zero attached hydrogens (tertiary/aromatic N) is 4. The van der Waals surface area contributed by atoms with Crippen molar-refractivity contribution in [2.75, 3.05) is 32.4 Å². The maximum atomic E-state index is 13.3. The molecule has 1 unspecified atom stereocenters. The second-order valence-corrected chi connectivity index (χ2v) is 11.0. The molecular weight excluding hydrogens is 471 g/mol. The first-order chi connectivity index (χ1) is 16.0. The van der Waals surface area contributed by atoms with E-state index in [4.69, 9.17) is 5.73 Å². The van der Waals surface area contributed by atoms with Crippen LogP contribution in [0.15, 0.2) is 18.2 Å². The van der Waals surface area contributed by atoms with Crippen LogP contribution in [-0.4, -0.2) is 71.0 Å². The van der Waals surface area contributed by atoms with Crippen LogP contribution in [-0.2, 0) is 42.3 Å². The van der Waals surface area contributed by atoms with Gasteiger partial charge in [-0.25, -0.2) is 8.42 Å². The largest absolute Gasteiger partial charge is 0.674 e. The molecule has 1 aromatic heterocycles. The lowest BCUT2D eigenvalue weighted by Crippen LogP contribution is -2.37. The van der Waals surface area contributed by atoms with Gasteiger partial charge in [0.1, 0.15) is 0 Å². The zero-order valence-electron chi connectivity index (χ0n) is 19.0. The molecule has 1 fully saturated rings. The minimum atomic E-state index is -4.57. The van der Waals surface area contributed by atoms with Crippen LogP contribution < -0.4 is 0 Å². The van der Waals surface area contributed by atoms with Crippen molar-refractivity contribution in [1.29, 1.82) is 0 Å². The van der Waals surface area contributed by atoms with Crippen molar-refractivity contribution in [2.45, 2.75) is 51.2 Å². The first-order valence-electron chi connectivity index (χ1n) is 11.3. The summed E-state index contributed by atoms with van der Waals surface area (Å²) in [6.45, 7) is 2.36. The minimum Gasteiger partial charge on any atom is -0.674 e. The van der Waals surface area contributed by atoms with Crippen molar-refractivity contribution >= 4 is 10.0 Å². The summed E-state index contributed by atoms with van der Waals surface area (Å²) in [6.07, 6.45) is -1.54. The Labute approximate surface area is 197 Å². The van der Waals surface area contributed by atoms with Crippen LogP contribution in [0.3, 0.4) is 0 Å². The number of nitrogens with one attached hydrogen (secondary N) is 1. The summed E-state index contributed by atoms with van der Waals surface area (Å²) in [7, 11) is -3.47. The number of benzene rings is 1. The third kappa shape index (κ3) is 5.30. The molecule has 2 N–H and O–H groups in total. The van der Waals surface area contributed by atoms with Crippen LogP contribution in [0.1, 0.15) is 35.2 Å². The van der Waals surface area contributed by atoms with Crippen LogP contribution in [0.5, 0.6) is 0 Å². The number of aliphatic hydroxyl groups is 1. The van der Waals surface area contributed by atoms with Crippen molar-refractivity contribution < 1.29 is 26.7 Å². The van der Waals surface area contributed by atoms with E-state index >= 15 is 0 Å². The number of rotatable bonds is 7. The summed E-state index contributed by atoms with van der Waals surface area (Å²) in [4.78, 5) is 2.18. The molecule has 1 atom stereocenters. The number of sulfonamides is 1. The number of likely N-dealkylation sites (tertiary alicyclic amines) is 1. The zero-order chi connectivity index (χ0) is 24.7. The maximum Gasteiger partial charge on any atom is 0.416 e. The number of alkyl halides is 3. The second kappa shape index (κ2) is 9.57. The van der Waals surface area contributed by atoms with E-state index in [0.29, 0.717) is 29.8 Å². The van der Waals surface area contributed by atoms with Gasteiger partial charge in [0, 0.05) is 42.9 Å². The van der Waals surface area contributed by atoms with Crippen molar-refractivity contribution in [3.05, 3.63) is 46.3 Å². The standard InChI is InChI=1S/C22H29F3N5O3S/c1-34(32,33)29-9-6-20-18(14-29)21(15-4-5-19(22(23,24)25)16(10-15)11-26)27-30(20)13-17(31)12-28-7-2-3-8-28/h4-5,10,17,26,31H,2-3,6-9,11-14H2,1H3/q-1. The quantitative estimate of drug-likeness (QED) is 0.630. The van der Waals surface area contributed by atoms with E-state index in [1.165, 1.54) is 16.4 Å². The smallest absolute Gasteiger partial charge is 0.416 e. The first-order valence-corrected chi connectivity index (χ1v) is 13.1. The predicted octanol–water partition coefficient (Wildman–Crippen LogP) is 2.90. The summed E-state index contributed by atoms with van der Waals surface area (Å²) in [6, 6.07) is 3.57. The van der Waals surface area contributed by atoms with Gasteiger partial charge in [0.15, 0.2) is 0 Å². The molecule has 8 nitrogen and oxygen atoms in total. The number of aromatic nitrogens is 2. The van der Waals surface area contributed by atoms with Crippen LogP contribution in [0, 0.1) is 0 Å². The summed E-state index contributed by atoms with van der Waals surface area (Å²) >= 11 is 0. The molecule has 0 aliphatic carbocycles. The molecular formula is C22H29F3N5O3S-. The first kappa shape index (κ1) is 25.1. The predicted molar refractivity (Wildman–Crippen MR) is 121 cm³/mol. The summed E-state index contributed by atoms with van der Waals surface area (Å²) < 4.78 is 67.3. The van der Waals surface area contributed by atoms with E-state index < -0.39 is 34.4 Å². The van der Waals surface area contributed by atoms with Gasteiger partial charge in [0.25, 0.3) is 0 Å². The van der Waals surface area contributed by atoms with E-state index in [9.17, 15) is 26.7 Å². The highest BCUT2D eigenvalue weighted by Gasteiger charge is 2.34. The van der Waals surface area contributed by atoms with Gasteiger partial charge < -0.3 is 15.7 Å². The van der Waals surface area contributed by atoms with Crippen LogP contribution in [0.25, 0.3) is 17.0 Å². The third-order valence-corrected chi connectivity index (χ3v) is 7.74. The van der Waals surface area contributed by atoms with Crippen LogP contribution >= 0.6 is 0 Å². The Hall–Kier alpha value is -1.99. The number of β-amino-alcohol motifs (C(OH)–C–C–N with tert-alkyl or cyclic N) is 1. The van der Waals surface area contributed by atoms with Gasteiger partial charge >= 0.3 is 6.18 Å². The fourth-order valence-electron chi connectivity index (χ4n) is 4.82. The number of fused-ring (bicyclic) bond motifs is 1. The van der Waals surface area contributed by atoms with Gasteiger partial charge in [0.05, 0.1) is 30.2 Å². The molecule has 1 saturated heterocycles. The van der Waals surface area contributed by atoms with Crippen molar-refractivity contribution in [3.8, 4) is 11.3 Å². The van der Waals surface area contributed by atoms with E-state index in [1.807, 2.05) is 0 Å². The van der Waals surface area contributed by atoms with Gasteiger partial charge in [-0.05, 0) is 32.0 Å². The topological polar surface area (TPSA) is 102 Å². The number of halogens is 3. The number of hydrogen-bond acceptors (Lipinski definition) is 5. The van der Waals surface area contributed by atoms with Crippen LogP contribution in [0.2, 0.25) is 0 Å². The van der Waals surface area contributed by atoms with Gasteiger partial charge in [-0.2, -0.15) is 22.6 Å². The fourth-order valence-corrected chi connectivity index (χ4v) is 5.60. The molecule has 2 aliphatic rings. The highest BCUT2D eigenvalue weighted by molar-refractivity contribution is 7.88. The maximum absolute atomic E-state index is 13.3.